The van der Waals surface area contributed by atoms with Crippen LogP contribution >= 0.6 is 11.6 Å². The third-order valence-corrected chi connectivity index (χ3v) is 3.60. The molecule has 1 aliphatic heterocycles. The molecule has 0 aliphatic carbocycles. The minimum absolute atomic E-state index is 0.623. The number of halogens is 1. The molecule has 0 saturated heterocycles. The Labute approximate surface area is 121 Å². The van der Waals surface area contributed by atoms with Crippen LogP contribution in [0.15, 0.2) is 60.8 Å². The maximum atomic E-state index is 6.12. The zero-order chi connectivity index (χ0) is 13.5. The van der Waals surface area contributed by atoms with Crippen LogP contribution in [0.5, 0.6) is 11.5 Å². The zero-order valence-corrected chi connectivity index (χ0v) is 11.3. The lowest BCUT2D eigenvalue weighted by Crippen LogP contribution is -1.87. The number of benzene rings is 2. The lowest BCUT2D eigenvalue weighted by molar-refractivity contribution is 0.487. The number of nitrogens with zero attached hydrogens (tertiary/aromatic N) is 1. The third kappa shape index (κ3) is 1.69. The van der Waals surface area contributed by atoms with Crippen LogP contribution in [0.2, 0.25) is 5.02 Å². The molecule has 0 atom stereocenters. The first-order valence-electron chi connectivity index (χ1n) is 6.35. The highest BCUT2D eigenvalue weighted by Gasteiger charge is 2.21. The molecule has 0 fully saturated rings. The molecule has 0 N–H and O–H groups in total. The van der Waals surface area contributed by atoms with E-state index in [1.165, 1.54) is 0 Å². The Morgan fingerprint density at radius 2 is 1.45 bits per heavy atom. The minimum atomic E-state index is 0.623. The van der Waals surface area contributed by atoms with Gasteiger partial charge in [-0.05, 0) is 24.3 Å². The smallest absolute Gasteiger partial charge is 0.136 e. The molecule has 0 radical (unpaired) electrons. The highest BCUT2D eigenvalue weighted by Crippen LogP contribution is 2.45. The Morgan fingerprint density at radius 1 is 0.800 bits per heavy atom. The van der Waals surface area contributed by atoms with Gasteiger partial charge in [-0.25, -0.2) is 0 Å². The van der Waals surface area contributed by atoms with Crippen LogP contribution in [-0.2, 0) is 0 Å². The number of aromatic nitrogens is 1. The molecule has 3 heteroatoms. The van der Waals surface area contributed by atoms with E-state index in [9.17, 15) is 0 Å². The fourth-order valence-corrected chi connectivity index (χ4v) is 2.67. The number of hydrogen-bond acceptors (Lipinski definition) is 2. The van der Waals surface area contributed by atoms with E-state index in [2.05, 4.69) is 4.98 Å². The van der Waals surface area contributed by atoms with Crippen LogP contribution in [0.4, 0.5) is 0 Å². The van der Waals surface area contributed by atoms with E-state index in [1.807, 2.05) is 54.6 Å². The SMILES string of the molecule is Clc1cnc2c(c1)-c1ccccc1Oc1ccccc1-2. The van der Waals surface area contributed by atoms with Gasteiger partial charge in [0.1, 0.15) is 11.5 Å². The summed E-state index contributed by atoms with van der Waals surface area (Å²) in [4.78, 5) is 4.51. The molecule has 3 aromatic rings. The minimum Gasteiger partial charge on any atom is -0.456 e. The normalized spacial score (nSPS) is 11.7. The predicted molar refractivity (Wildman–Crippen MR) is 80.2 cm³/mol. The Morgan fingerprint density at radius 3 is 2.25 bits per heavy atom. The summed E-state index contributed by atoms with van der Waals surface area (Å²) in [6.45, 7) is 0. The fraction of sp³-hybridized carbons (Fsp3) is 0. The molecule has 2 aromatic carbocycles. The van der Waals surface area contributed by atoms with Crippen molar-refractivity contribution in [2.45, 2.75) is 0 Å². The number of pyridine rings is 1. The number of rotatable bonds is 0. The molecular formula is C17H10ClNO. The van der Waals surface area contributed by atoms with Crippen molar-refractivity contribution in [3.63, 3.8) is 0 Å². The molecule has 0 unspecified atom stereocenters. The van der Waals surface area contributed by atoms with Crippen molar-refractivity contribution in [2.24, 2.45) is 0 Å². The van der Waals surface area contributed by atoms with Gasteiger partial charge in [-0.3, -0.25) is 4.98 Å². The monoisotopic (exact) mass is 279 g/mol. The Bertz CT molecular complexity index is 814. The summed E-state index contributed by atoms with van der Waals surface area (Å²) in [7, 11) is 0. The third-order valence-electron chi connectivity index (χ3n) is 3.39. The summed E-state index contributed by atoms with van der Waals surface area (Å²) in [5.41, 5.74) is 3.89. The van der Waals surface area contributed by atoms with Crippen LogP contribution in [-0.4, -0.2) is 4.98 Å². The molecule has 2 nitrogen and oxygen atoms in total. The van der Waals surface area contributed by atoms with Gasteiger partial charge in [0, 0.05) is 22.9 Å². The molecule has 2 heterocycles. The summed E-state index contributed by atoms with van der Waals surface area (Å²) < 4.78 is 6.04. The van der Waals surface area contributed by atoms with Crippen molar-refractivity contribution in [1.29, 1.82) is 0 Å². The zero-order valence-electron chi connectivity index (χ0n) is 10.5. The second kappa shape index (κ2) is 4.36. The van der Waals surface area contributed by atoms with Gasteiger partial charge >= 0.3 is 0 Å². The molecule has 1 aromatic heterocycles. The first-order valence-corrected chi connectivity index (χ1v) is 6.73. The van der Waals surface area contributed by atoms with E-state index in [1.54, 1.807) is 6.20 Å². The highest BCUT2D eigenvalue weighted by molar-refractivity contribution is 6.30. The predicted octanol–water partition coefficient (Wildman–Crippen LogP) is 5.17. The standard InChI is InChI=1S/C17H10ClNO/c18-11-9-14-12-5-1-3-7-15(12)20-16-8-4-2-6-13(16)17(14)19-10-11/h1-10H. The van der Waals surface area contributed by atoms with Gasteiger partial charge in [0.2, 0.25) is 0 Å². The Kier molecular flexibility index (Phi) is 2.51. The molecule has 0 bridgehead atoms. The second-order valence-corrected chi connectivity index (χ2v) is 5.08. The van der Waals surface area contributed by atoms with Gasteiger partial charge in [0.25, 0.3) is 0 Å². The Hall–Kier alpha value is -2.32. The summed E-state index contributed by atoms with van der Waals surface area (Å²) >= 11 is 6.12. The summed E-state index contributed by atoms with van der Waals surface area (Å²) in [5.74, 6) is 1.64. The van der Waals surface area contributed by atoms with E-state index in [4.69, 9.17) is 16.3 Å². The topological polar surface area (TPSA) is 22.1 Å². The van der Waals surface area contributed by atoms with Gasteiger partial charge in [-0.1, -0.05) is 41.9 Å². The second-order valence-electron chi connectivity index (χ2n) is 4.64. The van der Waals surface area contributed by atoms with Crippen LogP contribution in [0.25, 0.3) is 22.4 Å². The average molecular weight is 280 g/mol. The van der Waals surface area contributed by atoms with E-state index in [0.29, 0.717) is 5.02 Å². The van der Waals surface area contributed by atoms with Crippen molar-refractivity contribution >= 4 is 11.6 Å². The van der Waals surface area contributed by atoms with Gasteiger partial charge in [-0.2, -0.15) is 0 Å². The number of fused-ring (bicyclic) bond motifs is 5. The summed E-state index contributed by atoms with van der Waals surface area (Å²) in [5, 5.41) is 0.623. The van der Waals surface area contributed by atoms with Crippen molar-refractivity contribution < 1.29 is 4.74 Å². The molecule has 20 heavy (non-hydrogen) atoms. The maximum absolute atomic E-state index is 6.12. The summed E-state index contributed by atoms with van der Waals surface area (Å²) in [6.07, 6.45) is 1.67. The van der Waals surface area contributed by atoms with Crippen molar-refractivity contribution in [3.8, 4) is 33.9 Å². The highest BCUT2D eigenvalue weighted by atomic mass is 35.5. The van der Waals surface area contributed by atoms with Crippen molar-refractivity contribution in [2.75, 3.05) is 0 Å². The molecule has 1 aliphatic rings. The molecular weight excluding hydrogens is 270 g/mol. The molecule has 96 valence electrons. The van der Waals surface area contributed by atoms with E-state index >= 15 is 0 Å². The molecule has 0 spiro atoms. The molecule has 0 amide bonds. The fourth-order valence-electron chi connectivity index (χ4n) is 2.51. The number of hydrogen-bond donors (Lipinski definition) is 0. The van der Waals surface area contributed by atoms with Gasteiger partial charge < -0.3 is 4.74 Å². The van der Waals surface area contributed by atoms with Crippen LogP contribution < -0.4 is 4.74 Å². The van der Waals surface area contributed by atoms with Crippen molar-refractivity contribution in [1.82, 2.24) is 4.98 Å². The molecule has 4 rings (SSSR count). The summed E-state index contributed by atoms with van der Waals surface area (Å²) in [6, 6.07) is 17.8. The van der Waals surface area contributed by atoms with Crippen LogP contribution in [0.3, 0.4) is 0 Å². The van der Waals surface area contributed by atoms with E-state index in [-0.39, 0.29) is 0 Å². The maximum Gasteiger partial charge on any atom is 0.136 e. The van der Waals surface area contributed by atoms with Gasteiger partial charge in [0.15, 0.2) is 0 Å². The molecule has 0 saturated carbocycles. The first kappa shape index (κ1) is 11.5. The first-order chi connectivity index (χ1) is 9.83. The van der Waals surface area contributed by atoms with Crippen molar-refractivity contribution in [3.05, 3.63) is 65.8 Å². The number of para-hydroxylation sites is 2. The van der Waals surface area contributed by atoms with E-state index < -0.39 is 0 Å². The lowest BCUT2D eigenvalue weighted by atomic mass is 9.99. The van der Waals surface area contributed by atoms with Crippen LogP contribution in [0, 0.1) is 0 Å². The number of ether oxygens (including phenoxy) is 1. The van der Waals surface area contributed by atoms with Crippen LogP contribution in [0.1, 0.15) is 0 Å². The average Bonchev–Trinajstić information content (AvgIpc) is 2.61. The van der Waals surface area contributed by atoms with E-state index in [0.717, 1.165) is 33.9 Å². The quantitative estimate of drug-likeness (QED) is 0.443. The van der Waals surface area contributed by atoms with Gasteiger partial charge in [-0.15, -0.1) is 0 Å². The lowest BCUT2D eigenvalue weighted by Gasteiger charge is -2.07. The van der Waals surface area contributed by atoms with Gasteiger partial charge in [0.05, 0.1) is 10.7 Å². The Balaban J connectivity index is 2.13. The largest absolute Gasteiger partial charge is 0.456 e.